The predicted octanol–water partition coefficient (Wildman–Crippen LogP) is 3.17. The second kappa shape index (κ2) is 8.08. The molecular weight excluding hydrogens is 312 g/mol. The van der Waals surface area contributed by atoms with Crippen molar-refractivity contribution in [3.8, 4) is 11.1 Å². The second-order valence-electron chi connectivity index (χ2n) is 6.67. The maximum atomic E-state index is 12.2. The number of hydrogen-bond acceptors (Lipinski definition) is 3. The molecule has 0 heterocycles. The zero-order valence-electron chi connectivity index (χ0n) is 14.3. The number of ketones is 1. The maximum Gasteiger partial charge on any atom is 0.220 e. The lowest BCUT2D eigenvalue weighted by Gasteiger charge is -2.11. The summed E-state index contributed by atoms with van der Waals surface area (Å²) in [5.41, 5.74) is 8.79. The first-order valence-electron chi connectivity index (χ1n) is 8.84. The van der Waals surface area contributed by atoms with Gasteiger partial charge in [0.25, 0.3) is 0 Å². The monoisotopic (exact) mass is 336 g/mol. The summed E-state index contributed by atoms with van der Waals surface area (Å²) in [5, 5.41) is 2.83. The summed E-state index contributed by atoms with van der Waals surface area (Å²) < 4.78 is 0. The quantitative estimate of drug-likeness (QED) is 0.727. The van der Waals surface area contributed by atoms with Gasteiger partial charge in [-0.15, -0.1) is 0 Å². The van der Waals surface area contributed by atoms with Gasteiger partial charge in [-0.2, -0.15) is 0 Å². The maximum absolute atomic E-state index is 12.2. The van der Waals surface area contributed by atoms with E-state index in [9.17, 15) is 9.59 Å². The number of nitrogens with one attached hydrogen (secondary N) is 1. The van der Waals surface area contributed by atoms with Crippen LogP contribution in [0.2, 0.25) is 0 Å². The zero-order valence-corrected chi connectivity index (χ0v) is 14.3. The minimum atomic E-state index is -0.106. The summed E-state index contributed by atoms with van der Waals surface area (Å²) in [7, 11) is 0. The molecular formula is C21H24N2O2. The average Bonchev–Trinajstić information content (AvgIpc) is 3.50. The molecule has 25 heavy (non-hydrogen) atoms. The van der Waals surface area contributed by atoms with Crippen molar-refractivity contribution in [3.05, 3.63) is 60.2 Å². The summed E-state index contributed by atoms with van der Waals surface area (Å²) >= 11 is 0. The molecule has 1 unspecified atom stereocenters. The Kier molecular flexibility index (Phi) is 5.61. The topological polar surface area (TPSA) is 72.2 Å². The van der Waals surface area contributed by atoms with Gasteiger partial charge in [0, 0.05) is 31.0 Å². The molecule has 0 radical (unpaired) electrons. The Hall–Kier alpha value is -2.46. The Morgan fingerprint density at radius 1 is 0.960 bits per heavy atom. The molecule has 0 saturated heterocycles. The van der Waals surface area contributed by atoms with E-state index in [4.69, 9.17) is 5.73 Å². The van der Waals surface area contributed by atoms with Gasteiger partial charge in [-0.05, 0) is 29.9 Å². The normalized spacial score (nSPS) is 14.8. The third-order valence-corrected chi connectivity index (χ3v) is 4.66. The van der Waals surface area contributed by atoms with Crippen molar-refractivity contribution in [3.63, 3.8) is 0 Å². The molecule has 0 aromatic heterocycles. The molecule has 1 atom stereocenters. The lowest BCUT2D eigenvalue weighted by molar-refractivity contribution is -0.121. The van der Waals surface area contributed by atoms with Crippen LogP contribution in [0.15, 0.2) is 54.6 Å². The van der Waals surface area contributed by atoms with E-state index >= 15 is 0 Å². The first kappa shape index (κ1) is 17.4. The zero-order chi connectivity index (χ0) is 17.6. The Morgan fingerprint density at radius 3 is 2.24 bits per heavy atom. The Bertz CT molecular complexity index is 721. The van der Waals surface area contributed by atoms with Gasteiger partial charge in [0.2, 0.25) is 5.91 Å². The van der Waals surface area contributed by atoms with E-state index in [2.05, 4.69) is 5.32 Å². The fourth-order valence-corrected chi connectivity index (χ4v) is 2.86. The summed E-state index contributed by atoms with van der Waals surface area (Å²) in [5.74, 6) is 0.441. The molecule has 130 valence electrons. The molecule has 4 nitrogen and oxygen atoms in total. The molecule has 1 amide bonds. The SMILES string of the molecule is NC(CNC(=O)CCC(=O)c1ccc(-c2ccccc2)cc1)C1CC1. The molecule has 3 rings (SSSR count). The lowest BCUT2D eigenvalue weighted by atomic mass is 10.0. The minimum Gasteiger partial charge on any atom is -0.355 e. The van der Waals surface area contributed by atoms with Crippen molar-refractivity contribution in [1.82, 2.24) is 5.32 Å². The Morgan fingerprint density at radius 2 is 1.60 bits per heavy atom. The fraction of sp³-hybridized carbons (Fsp3) is 0.333. The Balaban J connectivity index is 1.47. The molecule has 1 aliphatic rings. The van der Waals surface area contributed by atoms with Crippen molar-refractivity contribution in [1.29, 1.82) is 0 Å². The highest BCUT2D eigenvalue weighted by atomic mass is 16.2. The standard InChI is InChI=1S/C21H24N2O2/c22-19(17-8-9-17)14-23-21(25)13-12-20(24)18-10-6-16(7-11-18)15-4-2-1-3-5-15/h1-7,10-11,17,19H,8-9,12-14,22H2,(H,23,25). The van der Waals surface area contributed by atoms with Gasteiger partial charge in [0.15, 0.2) is 5.78 Å². The van der Waals surface area contributed by atoms with E-state index in [-0.39, 0.29) is 30.6 Å². The number of nitrogens with two attached hydrogens (primary N) is 1. The second-order valence-corrected chi connectivity index (χ2v) is 6.67. The minimum absolute atomic E-state index is 0.0127. The molecule has 0 aliphatic heterocycles. The third kappa shape index (κ3) is 5.00. The van der Waals surface area contributed by atoms with Crippen LogP contribution < -0.4 is 11.1 Å². The van der Waals surface area contributed by atoms with Crippen LogP contribution in [0.1, 0.15) is 36.0 Å². The van der Waals surface area contributed by atoms with Gasteiger partial charge in [0.05, 0.1) is 0 Å². The summed E-state index contributed by atoms with van der Waals surface area (Å²) in [6.07, 6.45) is 2.74. The smallest absolute Gasteiger partial charge is 0.220 e. The summed E-state index contributed by atoms with van der Waals surface area (Å²) in [6.45, 7) is 0.503. The molecule has 3 N–H and O–H groups in total. The van der Waals surface area contributed by atoms with Crippen LogP contribution in [0.25, 0.3) is 11.1 Å². The van der Waals surface area contributed by atoms with Gasteiger partial charge >= 0.3 is 0 Å². The number of benzene rings is 2. The van der Waals surface area contributed by atoms with E-state index in [1.807, 2.05) is 54.6 Å². The number of carbonyl (C=O) groups excluding carboxylic acids is 2. The number of carbonyl (C=O) groups is 2. The van der Waals surface area contributed by atoms with E-state index in [0.717, 1.165) is 24.0 Å². The first-order chi connectivity index (χ1) is 12.1. The molecule has 1 saturated carbocycles. The highest BCUT2D eigenvalue weighted by molar-refractivity contribution is 5.98. The van der Waals surface area contributed by atoms with Crippen molar-refractivity contribution >= 4 is 11.7 Å². The summed E-state index contributed by atoms with van der Waals surface area (Å²) in [6, 6.07) is 17.6. The first-order valence-corrected chi connectivity index (χ1v) is 8.84. The number of rotatable bonds is 8. The van der Waals surface area contributed by atoms with Crippen LogP contribution in [0.4, 0.5) is 0 Å². The lowest BCUT2D eigenvalue weighted by Crippen LogP contribution is -2.38. The average molecular weight is 336 g/mol. The van der Waals surface area contributed by atoms with Crippen molar-refractivity contribution in [2.24, 2.45) is 11.7 Å². The van der Waals surface area contributed by atoms with Crippen LogP contribution in [-0.2, 0) is 4.79 Å². The van der Waals surface area contributed by atoms with Crippen LogP contribution in [0, 0.1) is 5.92 Å². The molecule has 4 heteroatoms. The predicted molar refractivity (Wildman–Crippen MR) is 99.2 cm³/mol. The van der Waals surface area contributed by atoms with E-state index in [1.165, 1.54) is 0 Å². The molecule has 2 aromatic rings. The van der Waals surface area contributed by atoms with Gasteiger partial charge in [-0.1, -0.05) is 54.6 Å². The molecule has 0 spiro atoms. The highest BCUT2D eigenvalue weighted by Crippen LogP contribution is 2.31. The molecule has 2 aromatic carbocycles. The molecule has 1 aliphatic carbocycles. The van der Waals surface area contributed by atoms with Gasteiger partial charge in [-0.25, -0.2) is 0 Å². The number of Topliss-reactive ketones (excluding diaryl/α,β-unsaturated/α-hetero) is 1. The van der Waals surface area contributed by atoms with Crippen molar-refractivity contribution in [2.45, 2.75) is 31.7 Å². The van der Waals surface area contributed by atoms with E-state index < -0.39 is 0 Å². The number of hydrogen-bond donors (Lipinski definition) is 2. The number of amides is 1. The summed E-state index contributed by atoms with van der Waals surface area (Å²) in [4.78, 5) is 24.1. The largest absolute Gasteiger partial charge is 0.355 e. The highest BCUT2D eigenvalue weighted by Gasteiger charge is 2.28. The fourth-order valence-electron chi connectivity index (χ4n) is 2.86. The Labute approximate surface area is 148 Å². The third-order valence-electron chi connectivity index (χ3n) is 4.66. The van der Waals surface area contributed by atoms with Crippen LogP contribution in [0.5, 0.6) is 0 Å². The molecule has 1 fully saturated rings. The van der Waals surface area contributed by atoms with E-state index in [1.54, 1.807) is 0 Å². The van der Waals surface area contributed by atoms with Crippen LogP contribution >= 0.6 is 0 Å². The van der Waals surface area contributed by atoms with Crippen molar-refractivity contribution in [2.75, 3.05) is 6.54 Å². The van der Waals surface area contributed by atoms with E-state index in [0.29, 0.717) is 18.0 Å². The van der Waals surface area contributed by atoms with Gasteiger partial charge in [-0.3, -0.25) is 9.59 Å². The van der Waals surface area contributed by atoms with Gasteiger partial charge < -0.3 is 11.1 Å². The van der Waals surface area contributed by atoms with Gasteiger partial charge in [0.1, 0.15) is 0 Å². The van der Waals surface area contributed by atoms with Crippen LogP contribution in [0.3, 0.4) is 0 Å². The van der Waals surface area contributed by atoms with Crippen molar-refractivity contribution < 1.29 is 9.59 Å². The molecule has 0 bridgehead atoms. The van der Waals surface area contributed by atoms with Crippen LogP contribution in [-0.4, -0.2) is 24.3 Å².